The van der Waals surface area contributed by atoms with Gasteiger partial charge >= 0.3 is 0 Å². The number of benzene rings is 1. The number of hydrogen-bond donors (Lipinski definition) is 1. The second kappa shape index (κ2) is 5.09. The predicted molar refractivity (Wildman–Crippen MR) is 69.5 cm³/mol. The summed E-state index contributed by atoms with van der Waals surface area (Å²) in [5.41, 5.74) is 0.788. The second-order valence-corrected chi connectivity index (χ2v) is 5.09. The van der Waals surface area contributed by atoms with Crippen molar-refractivity contribution >= 4 is 5.91 Å². The summed E-state index contributed by atoms with van der Waals surface area (Å²) in [6, 6.07) is 6.46. The van der Waals surface area contributed by atoms with Crippen molar-refractivity contribution in [3.63, 3.8) is 0 Å². The van der Waals surface area contributed by atoms with Crippen LogP contribution in [0.4, 0.5) is 4.39 Å². The van der Waals surface area contributed by atoms with E-state index in [0.717, 1.165) is 31.2 Å². The molecule has 1 N–H and O–H groups in total. The Kier molecular flexibility index (Phi) is 3.69. The van der Waals surface area contributed by atoms with Crippen LogP contribution in [0.5, 0.6) is 0 Å². The first-order chi connectivity index (χ1) is 8.61. The van der Waals surface area contributed by atoms with E-state index in [-0.39, 0.29) is 23.2 Å². The van der Waals surface area contributed by atoms with Crippen LogP contribution in [-0.4, -0.2) is 5.91 Å². The van der Waals surface area contributed by atoms with Gasteiger partial charge in [0.1, 0.15) is 5.82 Å². The number of rotatable bonds is 5. The molecular formula is C15H20FNO. The van der Waals surface area contributed by atoms with Crippen molar-refractivity contribution in [2.75, 3.05) is 0 Å². The van der Waals surface area contributed by atoms with Gasteiger partial charge in [0.2, 0.25) is 5.91 Å². The molecule has 18 heavy (non-hydrogen) atoms. The van der Waals surface area contributed by atoms with Crippen molar-refractivity contribution < 1.29 is 9.18 Å². The normalized spacial score (nSPS) is 16.7. The number of halogens is 1. The van der Waals surface area contributed by atoms with Crippen LogP contribution in [-0.2, 0) is 10.3 Å². The van der Waals surface area contributed by atoms with Crippen LogP contribution >= 0.6 is 0 Å². The minimum Gasteiger partial charge on any atom is -0.346 e. The maximum Gasteiger partial charge on any atom is 0.223 e. The second-order valence-electron chi connectivity index (χ2n) is 5.09. The van der Waals surface area contributed by atoms with Gasteiger partial charge in [0.15, 0.2) is 0 Å². The molecule has 0 aromatic heterocycles. The standard InChI is InChI=1S/C15H20FNO/c1-3-11(4-2)14(18)17-15(9-10-15)12-5-7-13(16)8-6-12/h5-8,11H,3-4,9-10H2,1-2H3,(H,17,18). The molecule has 2 nitrogen and oxygen atoms in total. The number of carbonyl (C=O) groups excluding carboxylic acids is 1. The van der Waals surface area contributed by atoms with Gasteiger partial charge in [-0.2, -0.15) is 0 Å². The molecule has 0 spiro atoms. The maximum absolute atomic E-state index is 12.9. The predicted octanol–water partition coefficient (Wildman–Crippen LogP) is 3.37. The summed E-state index contributed by atoms with van der Waals surface area (Å²) in [5.74, 6) is -0.0226. The van der Waals surface area contributed by atoms with Gasteiger partial charge in [-0.1, -0.05) is 26.0 Å². The number of carbonyl (C=O) groups is 1. The SMILES string of the molecule is CCC(CC)C(=O)NC1(c2ccc(F)cc2)CC1. The molecule has 1 aliphatic rings. The highest BCUT2D eigenvalue weighted by molar-refractivity contribution is 5.80. The molecule has 0 saturated heterocycles. The van der Waals surface area contributed by atoms with E-state index in [1.54, 1.807) is 12.1 Å². The van der Waals surface area contributed by atoms with Crippen LogP contribution in [0.15, 0.2) is 24.3 Å². The van der Waals surface area contributed by atoms with Crippen LogP contribution < -0.4 is 5.32 Å². The Hall–Kier alpha value is -1.38. The van der Waals surface area contributed by atoms with Gasteiger partial charge in [-0.15, -0.1) is 0 Å². The minimum absolute atomic E-state index is 0.0860. The largest absolute Gasteiger partial charge is 0.346 e. The topological polar surface area (TPSA) is 29.1 Å². The molecule has 0 aliphatic heterocycles. The van der Waals surface area contributed by atoms with Gasteiger partial charge in [0.05, 0.1) is 5.54 Å². The van der Waals surface area contributed by atoms with E-state index in [2.05, 4.69) is 5.32 Å². The first kappa shape index (κ1) is 13.1. The van der Waals surface area contributed by atoms with E-state index >= 15 is 0 Å². The average molecular weight is 249 g/mol. The monoisotopic (exact) mass is 249 g/mol. The highest BCUT2D eigenvalue weighted by atomic mass is 19.1. The van der Waals surface area contributed by atoms with Crippen molar-refractivity contribution in [2.45, 2.75) is 45.1 Å². The van der Waals surface area contributed by atoms with Gasteiger partial charge < -0.3 is 5.32 Å². The fourth-order valence-electron chi connectivity index (χ4n) is 2.38. The summed E-state index contributed by atoms with van der Waals surface area (Å²) in [6.45, 7) is 4.07. The van der Waals surface area contributed by atoms with E-state index in [1.807, 2.05) is 13.8 Å². The Morgan fingerprint density at radius 2 is 1.83 bits per heavy atom. The highest BCUT2D eigenvalue weighted by Crippen LogP contribution is 2.45. The van der Waals surface area contributed by atoms with Crippen LogP contribution in [0.3, 0.4) is 0 Å². The molecule has 98 valence electrons. The quantitative estimate of drug-likeness (QED) is 0.851. The maximum atomic E-state index is 12.9. The van der Waals surface area contributed by atoms with E-state index in [0.29, 0.717) is 0 Å². The van der Waals surface area contributed by atoms with Gasteiger partial charge in [0, 0.05) is 5.92 Å². The minimum atomic E-state index is -0.235. The number of amides is 1. The molecule has 0 radical (unpaired) electrons. The van der Waals surface area contributed by atoms with Crippen LogP contribution in [0.2, 0.25) is 0 Å². The third-order valence-electron chi connectivity index (χ3n) is 3.87. The third kappa shape index (κ3) is 2.55. The van der Waals surface area contributed by atoms with E-state index in [4.69, 9.17) is 0 Å². The lowest BCUT2D eigenvalue weighted by molar-refractivity contribution is -0.126. The van der Waals surface area contributed by atoms with Crippen molar-refractivity contribution in [1.29, 1.82) is 0 Å². The molecule has 1 amide bonds. The van der Waals surface area contributed by atoms with Crippen molar-refractivity contribution in [3.8, 4) is 0 Å². The van der Waals surface area contributed by atoms with Crippen molar-refractivity contribution in [3.05, 3.63) is 35.6 Å². The Balaban J connectivity index is 2.08. The lowest BCUT2D eigenvalue weighted by Crippen LogP contribution is -2.38. The lowest BCUT2D eigenvalue weighted by atomic mass is 9.99. The molecule has 2 rings (SSSR count). The molecule has 1 aliphatic carbocycles. The van der Waals surface area contributed by atoms with Crippen molar-refractivity contribution in [1.82, 2.24) is 5.32 Å². The third-order valence-corrected chi connectivity index (χ3v) is 3.87. The summed E-state index contributed by atoms with van der Waals surface area (Å²) in [6.07, 6.45) is 3.62. The highest BCUT2D eigenvalue weighted by Gasteiger charge is 2.46. The summed E-state index contributed by atoms with van der Waals surface area (Å²) in [5, 5.41) is 3.14. The molecule has 0 bridgehead atoms. The van der Waals surface area contributed by atoms with Crippen LogP contribution in [0, 0.1) is 11.7 Å². The fourth-order valence-corrected chi connectivity index (χ4v) is 2.38. The summed E-state index contributed by atoms with van der Waals surface area (Å²) in [7, 11) is 0. The van der Waals surface area contributed by atoms with E-state index in [1.165, 1.54) is 12.1 Å². The smallest absolute Gasteiger partial charge is 0.223 e. The summed E-state index contributed by atoms with van der Waals surface area (Å²) < 4.78 is 12.9. The van der Waals surface area contributed by atoms with Gasteiger partial charge in [-0.25, -0.2) is 4.39 Å². The molecule has 1 saturated carbocycles. The van der Waals surface area contributed by atoms with Gasteiger partial charge in [-0.05, 0) is 43.4 Å². The zero-order valence-electron chi connectivity index (χ0n) is 11.0. The molecule has 1 aromatic carbocycles. The zero-order valence-corrected chi connectivity index (χ0v) is 11.0. The molecule has 1 fully saturated rings. The molecule has 0 heterocycles. The Morgan fingerprint density at radius 3 is 2.28 bits per heavy atom. The Bertz CT molecular complexity index is 419. The lowest BCUT2D eigenvalue weighted by Gasteiger charge is -2.21. The van der Waals surface area contributed by atoms with E-state index in [9.17, 15) is 9.18 Å². The van der Waals surface area contributed by atoms with E-state index < -0.39 is 0 Å². The molecule has 1 aromatic rings. The van der Waals surface area contributed by atoms with Gasteiger partial charge in [-0.3, -0.25) is 4.79 Å². The zero-order chi connectivity index (χ0) is 13.2. The summed E-state index contributed by atoms with van der Waals surface area (Å²) in [4.78, 5) is 12.1. The van der Waals surface area contributed by atoms with Gasteiger partial charge in [0.25, 0.3) is 0 Å². The van der Waals surface area contributed by atoms with Crippen LogP contribution in [0.25, 0.3) is 0 Å². The van der Waals surface area contributed by atoms with Crippen molar-refractivity contribution in [2.24, 2.45) is 5.92 Å². The average Bonchev–Trinajstić information content (AvgIpc) is 3.12. The first-order valence-corrected chi connectivity index (χ1v) is 6.69. The fraction of sp³-hybridized carbons (Fsp3) is 0.533. The number of nitrogens with one attached hydrogen (secondary N) is 1. The first-order valence-electron chi connectivity index (χ1n) is 6.69. The molecule has 3 heteroatoms. The molecule has 0 atom stereocenters. The molecular weight excluding hydrogens is 229 g/mol. The number of hydrogen-bond acceptors (Lipinski definition) is 1. The molecule has 0 unspecified atom stereocenters. The summed E-state index contributed by atoms with van der Waals surface area (Å²) >= 11 is 0. The Morgan fingerprint density at radius 1 is 1.28 bits per heavy atom. The Labute approximate surface area is 108 Å². The van der Waals surface area contributed by atoms with Crippen LogP contribution in [0.1, 0.15) is 45.1 Å².